The number of piperidine rings is 1. The molecule has 0 spiro atoms. The number of rotatable bonds is 5. The van der Waals surface area contributed by atoms with Crippen LogP contribution in [0.3, 0.4) is 0 Å². The maximum Gasteiger partial charge on any atom is 0.247 e. The quantitative estimate of drug-likeness (QED) is 0.709. The Balaban J connectivity index is 1.45. The molecule has 0 aliphatic carbocycles. The van der Waals surface area contributed by atoms with Crippen molar-refractivity contribution >= 4 is 0 Å². The van der Waals surface area contributed by atoms with Crippen molar-refractivity contribution < 1.29 is 8.81 Å². The zero-order valence-corrected chi connectivity index (χ0v) is 13.8. The normalized spacial score (nSPS) is 18.5. The second kappa shape index (κ2) is 7.10. The molecule has 7 nitrogen and oxygen atoms in total. The van der Waals surface area contributed by atoms with Crippen molar-refractivity contribution in [1.29, 1.82) is 0 Å². The van der Waals surface area contributed by atoms with Gasteiger partial charge in [0.05, 0.1) is 13.1 Å². The monoisotopic (exact) mass is 342 g/mol. The Labute approximate surface area is 144 Å². The molecule has 0 amide bonds. The molecule has 0 saturated carbocycles. The fourth-order valence-corrected chi connectivity index (χ4v) is 3.22. The van der Waals surface area contributed by atoms with Crippen LogP contribution in [0.2, 0.25) is 0 Å². The van der Waals surface area contributed by atoms with Gasteiger partial charge in [0, 0.05) is 11.6 Å². The summed E-state index contributed by atoms with van der Waals surface area (Å²) in [6.07, 6.45) is 6.78. The molecule has 1 aromatic carbocycles. The highest BCUT2D eigenvalue weighted by molar-refractivity contribution is 5.51. The van der Waals surface area contributed by atoms with Gasteiger partial charge in [-0.15, -0.1) is 10.2 Å². The minimum atomic E-state index is -0.284. The van der Waals surface area contributed by atoms with Crippen molar-refractivity contribution in [2.75, 3.05) is 6.54 Å². The third-order valence-electron chi connectivity index (χ3n) is 4.51. The van der Waals surface area contributed by atoms with Crippen molar-refractivity contribution in [3.05, 3.63) is 48.6 Å². The Bertz CT molecular complexity index is 801. The highest BCUT2D eigenvalue weighted by Crippen LogP contribution is 2.23. The van der Waals surface area contributed by atoms with Gasteiger partial charge in [-0.05, 0) is 43.7 Å². The molecule has 0 unspecified atom stereocenters. The van der Waals surface area contributed by atoms with Crippen LogP contribution in [0, 0.1) is 5.82 Å². The van der Waals surface area contributed by atoms with E-state index >= 15 is 0 Å². The molecule has 1 atom stereocenters. The molecule has 25 heavy (non-hydrogen) atoms. The van der Waals surface area contributed by atoms with E-state index in [0.29, 0.717) is 24.4 Å². The lowest BCUT2D eigenvalue weighted by molar-refractivity contribution is 0.111. The highest BCUT2D eigenvalue weighted by atomic mass is 19.1. The molecule has 8 heteroatoms. The van der Waals surface area contributed by atoms with Gasteiger partial charge in [-0.2, -0.15) is 5.10 Å². The fraction of sp³-hybridized carbons (Fsp3) is 0.412. The van der Waals surface area contributed by atoms with Gasteiger partial charge in [-0.25, -0.2) is 9.37 Å². The average molecular weight is 342 g/mol. The number of likely N-dealkylation sites (tertiary alicyclic amines) is 1. The Kier molecular flexibility index (Phi) is 4.51. The van der Waals surface area contributed by atoms with Gasteiger partial charge in [0.1, 0.15) is 18.5 Å². The van der Waals surface area contributed by atoms with Gasteiger partial charge >= 0.3 is 0 Å². The number of nitrogens with zero attached hydrogens (tertiary/aromatic N) is 6. The van der Waals surface area contributed by atoms with Crippen molar-refractivity contribution in [3.63, 3.8) is 0 Å². The lowest BCUT2D eigenvalue weighted by Crippen LogP contribution is -2.41. The molecule has 2 aromatic heterocycles. The average Bonchev–Trinajstić information content (AvgIpc) is 3.29. The molecule has 3 aromatic rings. The van der Waals surface area contributed by atoms with E-state index < -0.39 is 0 Å². The van der Waals surface area contributed by atoms with E-state index in [9.17, 15) is 4.39 Å². The minimum Gasteiger partial charge on any atom is -0.419 e. The number of hydrogen-bond acceptors (Lipinski definition) is 6. The Morgan fingerprint density at radius 3 is 2.84 bits per heavy atom. The summed E-state index contributed by atoms with van der Waals surface area (Å²) in [6.45, 7) is 2.40. The number of aromatic nitrogens is 5. The summed E-state index contributed by atoms with van der Waals surface area (Å²) in [5.41, 5.74) is 0.720. The minimum absolute atomic E-state index is 0.284. The fourth-order valence-electron chi connectivity index (χ4n) is 3.22. The maximum absolute atomic E-state index is 13.0. The lowest BCUT2D eigenvalue weighted by atomic mass is 10.0. The van der Waals surface area contributed by atoms with E-state index in [0.717, 1.165) is 31.5 Å². The van der Waals surface area contributed by atoms with Gasteiger partial charge in [-0.1, -0.05) is 6.42 Å². The van der Waals surface area contributed by atoms with Crippen molar-refractivity contribution in [1.82, 2.24) is 29.9 Å². The summed E-state index contributed by atoms with van der Waals surface area (Å²) in [6, 6.07) is 6.43. The molecule has 1 aliphatic rings. The first-order valence-electron chi connectivity index (χ1n) is 8.43. The summed E-state index contributed by atoms with van der Waals surface area (Å²) in [7, 11) is 0. The Morgan fingerprint density at radius 1 is 1.16 bits per heavy atom. The molecule has 1 fully saturated rings. The Morgan fingerprint density at radius 2 is 2.04 bits per heavy atom. The molecule has 1 saturated heterocycles. The Hall–Kier alpha value is -2.61. The van der Waals surface area contributed by atoms with Gasteiger partial charge in [-0.3, -0.25) is 9.58 Å². The summed E-state index contributed by atoms with van der Waals surface area (Å²) in [5, 5.41) is 12.4. The first-order chi connectivity index (χ1) is 12.3. The van der Waals surface area contributed by atoms with Crippen LogP contribution in [-0.2, 0) is 13.1 Å². The summed E-state index contributed by atoms with van der Waals surface area (Å²) in [5.74, 6) is 0.706. The maximum atomic E-state index is 13.0. The standard InChI is InChI=1S/C17H19FN6O/c18-14-6-4-13(5-7-14)17-22-21-16(25-17)10-23-8-2-1-3-15(23)9-24-12-19-11-20-24/h4-7,11-12,15H,1-3,8-10H2/t15-/m0/s1. The van der Waals surface area contributed by atoms with Crippen LogP contribution in [0.1, 0.15) is 25.2 Å². The zero-order chi connectivity index (χ0) is 17.1. The molecule has 0 radical (unpaired) electrons. The van der Waals surface area contributed by atoms with Crippen molar-refractivity contribution in [2.24, 2.45) is 0 Å². The second-order valence-corrected chi connectivity index (χ2v) is 6.25. The number of hydrogen-bond donors (Lipinski definition) is 0. The van der Waals surface area contributed by atoms with Crippen LogP contribution in [-0.4, -0.2) is 42.4 Å². The predicted molar refractivity (Wildman–Crippen MR) is 87.8 cm³/mol. The smallest absolute Gasteiger partial charge is 0.247 e. The number of halogens is 1. The van der Waals surface area contributed by atoms with E-state index in [1.54, 1.807) is 24.8 Å². The topological polar surface area (TPSA) is 72.9 Å². The van der Waals surface area contributed by atoms with Gasteiger partial charge in [0.25, 0.3) is 0 Å². The molecule has 3 heterocycles. The molecular formula is C17H19FN6O. The highest BCUT2D eigenvalue weighted by Gasteiger charge is 2.25. The SMILES string of the molecule is Fc1ccc(-c2nnc(CN3CCCC[C@H]3Cn3cncn3)o2)cc1. The summed E-state index contributed by atoms with van der Waals surface area (Å²) >= 11 is 0. The molecule has 4 rings (SSSR count). The zero-order valence-electron chi connectivity index (χ0n) is 13.8. The van der Waals surface area contributed by atoms with Crippen molar-refractivity contribution in [2.45, 2.75) is 38.4 Å². The third-order valence-corrected chi connectivity index (χ3v) is 4.51. The van der Waals surface area contributed by atoms with E-state index in [-0.39, 0.29) is 5.82 Å². The first-order valence-corrected chi connectivity index (χ1v) is 8.43. The van der Waals surface area contributed by atoms with E-state index in [1.807, 2.05) is 4.68 Å². The van der Waals surface area contributed by atoms with Gasteiger partial charge in [0.15, 0.2) is 0 Å². The van der Waals surface area contributed by atoms with Crippen LogP contribution in [0.15, 0.2) is 41.3 Å². The van der Waals surface area contributed by atoms with Gasteiger partial charge < -0.3 is 4.42 Å². The summed E-state index contributed by atoms with van der Waals surface area (Å²) < 4.78 is 20.7. The van der Waals surface area contributed by atoms with E-state index in [2.05, 4.69) is 25.2 Å². The largest absolute Gasteiger partial charge is 0.419 e. The van der Waals surface area contributed by atoms with E-state index in [1.165, 1.54) is 18.6 Å². The first kappa shape index (κ1) is 15.9. The number of benzene rings is 1. The molecular weight excluding hydrogens is 323 g/mol. The van der Waals surface area contributed by atoms with Crippen LogP contribution in [0.25, 0.3) is 11.5 Å². The van der Waals surface area contributed by atoms with Crippen LogP contribution < -0.4 is 0 Å². The van der Waals surface area contributed by atoms with E-state index in [4.69, 9.17) is 4.42 Å². The molecule has 0 bridgehead atoms. The summed E-state index contributed by atoms with van der Waals surface area (Å²) in [4.78, 5) is 6.36. The van der Waals surface area contributed by atoms with Gasteiger partial charge in [0.2, 0.25) is 11.8 Å². The molecule has 0 N–H and O–H groups in total. The predicted octanol–water partition coefficient (Wildman–Crippen LogP) is 2.52. The lowest BCUT2D eigenvalue weighted by Gasteiger charge is -2.34. The third kappa shape index (κ3) is 3.74. The molecule has 130 valence electrons. The van der Waals surface area contributed by atoms with Crippen LogP contribution in [0.5, 0.6) is 0 Å². The van der Waals surface area contributed by atoms with Crippen molar-refractivity contribution in [3.8, 4) is 11.5 Å². The van der Waals surface area contributed by atoms with Crippen LogP contribution >= 0.6 is 0 Å². The second-order valence-electron chi connectivity index (χ2n) is 6.25. The van der Waals surface area contributed by atoms with Crippen LogP contribution in [0.4, 0.5) is 4.39 Å². The molecule has 1 aliphatic heterocycles.